The van der Waals surface area contributed by atoms with E-state index < -0.39 is 10.0 Å². The molecule has 2 rings (SSSR count). The van der Waals surface area contributed by atoms with E-state index in [4.69, 9.17) is 9.47 Å². The standard InChI is InChI=1S/C16H24N2O5S/c1-4-11-24(20,21)18-9-7-17(8-10-18)16(19)14-6-5-13(22-2)12-15(14)23-3/h5-6,12H,4,7-11H2,1-3H3. The first-order chi connectivity index (χ1) is 11.4. The molecule has 0 unspecified atom stereocenters. The van der Waals surface area contributed by atoms with Crippen LogP contribution in [0.2, 0.25) is 0 Å². The van der Waals surface area contributed by atoms with E-state index in [2.05, 4.69) is 0 Å². The Balaban J connectivity index is 2.08. The van der Waals surface area contributed by atoms with Crippen LogP contribution >= 0.6 is 0 Å². The lowest BCUT2D eigenvalue weighted by atomic mass is 10.1. The number of nitrogens with zero attached hydrogens (tertiary/aromatic N) is 2. The van der Waals surface area contributed by atoms with Crippen LogP contribution in [0.15, 0.2) is 18.2 Å². The SMILES string of the molecule is CCCS(=O)(=O)N1CCN(C(=O)c2ccc(OC)cc2OC)CC1. The largest absolute Gasteiger partial charge is 0.497 e. The molecular weight excluding hydrogens is 332 g/mol. The van der Waals surface area contributed by atoms with Crippen LogP contribution in [-0.4, -0.2) is 69.7 Å². The van der Waals surface area contributed by atoms with E-state index in [-0.39, 0.29) is 11.7 Å². The fourth-order valence-electron chi connectivity index (χ4n) is 2.70. The molecule has 0 radical (unpaired) electrons. The Morgan fingerprint density at radius 3 is 2.33 bits per heavy atom. The minimum atomic E-state index is -3.21. The number of methoxy groups -OCH3 is 2. The van der Waals surface area contributed by atoms with Crippen molar-refractivity contribution in [1.82, 2.24) is 9.21 Å². The quantitative estimate of drug-likeness (QED) is 0.766. The smallest absolute Gasteiger partial charge is 0.257 e. The molecule has 0 aromatic heterocycles. The maximum atomic E-state index is 12.7. The van der Waals surface area contributed by atoms with Gasteiger partial charge in [-0.2, -0.15) is 4.31 Å². The molecule has 1 heterocycles. The van der Waals surface area contributed by atoms with Crippen LogP contribution in [0.5, 0.6) is 11.5 Å². The molecular formula is C16H24N2O5S. The first kappa shape index (κ1) is 18.5. The number of rotatable bonds is 6. The average molecular weight is 356 g/mol. The van der Waals surface area contributed by atoms with Gasteiger partial charge in [0.1, 0.15) is 11.5 Å². The van der Waals surface area contributed by atoms with Crippen molar-refractivity contribution in [3.05, 3.63) is 23.8 Å². The molecule has 134 valence electrons. The number of sulfonamides is 1. The second kappa shape index (κ2) is 7.85. The molecule has 24 heavy (non-hydrogen) atoms. The molecule has 0 aliphatic carbocycles. The number of hydrogen-bond donors (Lipinski definition) is 0. The molecule has 1 amide bonds. The summed E-state index contributed by atoms with van der Waals surface area (Å²) in [6.07, 6.45) is 0.588. The van der Waals surface area contributed by atoms with Gasteiger partial charge in [0.25, 0.3) is 5.91 Å². The van der Waals surface area contributed by atoms with Crippen molar-refractivity contribution in [1.29, 1.82) is 0 Å². The van der Waals surface area contributed by atoms with E-state index in [1.807, 2.05) is 6.92 Å². The van der Waals surface area contributed by atoms with Gasteiger partial charge in [-0.15, -0.1) is 0 Å². The molecule has 8 heteroatoms. The Hall–Kier alpha value is -1.80. The Morgan fingerprint density at radius 1 is 1.12 bits per heavy atom. The first-order valence-corrected chi connectivity index (χ1v) is 9.53. The molecule has 1 aliphatic rings. The highest BCUT2D eigenvalue weighted by Gasteiger charge is 2.29. The fourth-order valence-corrected chi connectivity index (χ4v) is 4.20. The van der Waals surface area contributed by atoms with Crippen LogP contribution in [0.3, 0.4) is 0 Å². The van der Waals surface area contributed by atoms with Crippen LogP contribution in [0, 0.1) is 0 Å². The third-order valence-electron chi connectivity index (χ3n) is 4.02. The second-order valence-corrected chi connectivity index (χ2v) is 7.66. The molecule has 0 saturated carbocycles. The van der Waals surface area contributed by atoms with Gasteiger partial charge in [0.15, 0.2) is 0 Å². The van der Waals surface area contributed by atoms with Crippen LogP contribution in [0.4, 0.5) is 0 Å². The highest BCUT2D eigenvalue weighted by molar-refractivity contribution is 7.89. The van der Waals surface area contributed by atoms with Crippen LogP contribution in [0.1, 0.15) is 23.7 Å². The summed E-state index contributed by atoms with van der Waals surface area (Å²) in [4.78, 5) is 14.4. The van der Waals surface area contributed by atoms with Crippen LogP contribution < -0.4 is 9.47 Å². The molecule has 1 aliphatic heterocycles. The topological polar surface area (TPSA) is 76.2 Å². The average Bonchev–Trinajstić information content (AvgIpc) is 2.60. The zero-order chi connectivity index (χ0) is 17.7. The van der Waals surface area contributed by atoms with Crippen molar-refractivity contribution in [2.75, 3.05) is 46.2 Å². The maximum Gasteiger partial charge on any atom is 0.257 e. The predicted molar refractivity (Wildman–Crippen MR) is 91.1 cm³/mol. The molecule has 1 aromatic rings. The van der Waals surface area contributed by atoms with Gasteiger partial charge in [-0.25, -0.2) is 8.42 Å². The van der Waals surface area contributed by atoms with E-state index in [0.29, 0.717) is 49.7 Å². The van der Waals surface area contributed by atoms with Crippen LogP contribution in [0.25, 0.3) is 0 Å². The molecule has 0 atom stereocenters. The Morgan fingerprint density at radius 2 is 1.79 bits per heavy atom. The van der Waals surface area contributed by atoms with E-state index >= 15 is 0 Å². The number of benzene rings is 1. The van der Waals surface area contributed by atoms with E-state index in [1.54, 1.807) is 30.2 Å². The zero-order valence-electron chi connectivity index (χ0n) is 14.3. The third kappa shape index (κ3) is 3.99. The summed E-state index contributed by atoms with van der Waals surface area (Å²) in [5, 5.41) is 0. The van der Waals surface area contributed by atoms with Crippen molar-refractivity contribution in [3.8, 4) is 11.5 Å². The lowest BCUT2D eigenvalue weighted by Gasteiger charge is -2.34. The van der Waals surface area contributed by atoms with Crippen molar-refractivity contribution in [3.63, 3.8) is 0 Å². The summed E-state index contributed by atoms with van der Waals surface area (Å²) in [7, 11) is -0.166. The van der Waals surface area contributed by atoms with Gasteiger partial charge in [-0.1, -0.05) is 6.92 Å². The lowest BCUT2D eigenvalue weighted by molar-refractivity contribution is 0.0694. The third-order valence-corrected chi connectivity index (χ3v) is 6.10. The van der Waals surface area contributed by atoms with Crippen molar-refractivity contribution in [2.24, 2.45) is 0 Å². The minimum Gasteiger partial charge on any atom is -0.497 e. The van der Waals surface area contributed by atoms with E-state index in [0.717, 1.165) is 0 Å². The van der Waals surface area contributed by atoms with Gasteiger partial charge >= 0.3 is 0 Å². The van der Waals surface area contributed by atoms with Crippen LogP contribution in [-0.2, 0) is 10.0 Å². The summed E-state index contributed by atoms with van der Waals surface area (Å²) >= 11 is 0. The van der Waals surface area contributed by atoms with Crippen molar-refractivity contribution in [2.45, 2.75) is 13.3 Å². The highest BCUT2D eigenvalue weighted by atomic mass is 32.2. The van der Waals surface area contributed by atoms with Gasteiger partial charge in [-0.3, -0.25) is 4.79 Å². The number of hydrogen-bond acceptors (Lipinski definition) is 5. The molecule has 0 bridgehead atoms. The Kier molecular flexibility index (Phi) is 6.06. The van der Waals surface area contributed by atoms with Crippen molar-refractivity contribution < 1.29 is 22.7 Å². The summed E-state index contributed by atoms with van der Waals surface area (Å²) in [6.45, 7) is 3.24. The Bertz CT molecular complexity index is 682. The highest BCUT2D eigenvalue weighted by Crippen LogP contribution is 2.26. The number of amides is 1. The molecule has 0 N–H and O–H groups in total. The minimum absolute atomic E-state index is 0.146. The van der Waals surface area contributed by atoms with Gasteiger partial charge in [-0.05, 0) is 18.6 Å². The molecule has 1 saturated heterocycles. The number of carbonyl (C=O) groups excluding carboxylic acids is 1. The summed E-state index contributed by atoms with van der Waals surface area (Å²) in [5.41, 5.74) is 0.447. The van der Waals surface area contributed by atoms with Crippen molar-refractivity contribution >= 4 is 15.9 Å². The molecule has 1 aromatic carbocycles. The van der Waals surface area contributed by atoms with Gasteiger partial charge in [0.2, 0.25) is 10.0 Å². The summed E-state index contributed by atoms with van der Waals surface area (Å²) in [6, 6.07) is 5.03. The molecule has 0 spiro atoms. The fraction of sp³-hybridized carbons (Fsp3) is 0.562. The summed E-state index contributed by atoms with van der Waals surface area (Å²) in [5.74, 6) is 1.04. The summed E-state index contributed by atoms with van der Waals surface area (Å²) < 4.78 is 36.1. The monoisotopic (exact) mass is 356 g/mol. The number of ether oxygens (including phenoxy) is 2. The van der Waals surface area contributed by atoms with Gasteiger partial charge in [0, 0.05) is 32.2 Å². The zero-order valence-corrected chi connectivity index (χ0v) is 15.1. The normalized spacial score (nSPS) is 16.0. The van der Waals surface area contributed by atoms with Gasteiger partial charge < -0.3 is 14.4 Å². The number of carbonyl (C=O) groups is 1. The Labute approximate surface area is 143 Å². The lowest BCUT2D eigenvalue weighted by Crippen LogP contribution is -2.51. The molecule has 1 fully saturated rings. The molecule has 7 nitrogen and oxygen atoms in total. The van der Waals surface area contributed by atoms with E-state index in [9.17, 15) is 13.2 Å². The first-order valence-electron chi connectivity index (χ1n) is 7.92. The maximum absolute atomic E-state index is 12.7. The number of piperazine rings is 1. The second-order valence-electron chi connectivity index (χ2n) is 5.57. The predicted octanol–water partition coefficient (Wildman–Crippen LogP) is 1.20. The van der Waals surface area contributed by atoms with Gasteiger partial charge in [0.05, 0.1) is 25.5 Å². The van der Waals surface area contributed by atoms with E-state index in [1.165, 1.54) is 11.4 Å².